The summed E-state index contributed by atoms with van der Waals surface area (Å²) in [6, 6.07) is 0. The van der Waals surface area contributed by atoms with E-state index < -0.39 is 0 Å². The molecular weight excluding hydrogens is 234 g/mol. The summed E-state index contributed by atoms with van der Waals surface area (Å²) in [4.78, 5) is 11.9. The molecule has 0 aliphatic carbocycles. The van der Waals surface area contributed by atoms with E-state index in [1.807, 2.05) is 0 Å². The average molecular weight is 259 g/mol. The van der Waals surface area contributed by atoms with Crippen molar-refractivity contribution in [2.75, 3.05) is 18.9 Å². The summed E-state index contributed by atoms with van der Waals surface area (Å²) in [5, 5.41) is 12.2. The van der Waals surface area contributed by atoms with E-state index in [1.54, 1.807) is 11.8 Å². The van der Waals surface area contributed by atoms with Gasteiger partial charge in [-0.1, -0.05) is 19.8 Å². The SMILES string of the molecule is CCCC(CCO)CNC(=O)C1CCCCS1. The van der Waals surface area contributed by atoms with Crippen molar-refractivity contribution < 1.29 is 9.90 Å². The van der Waals surface area contributed by atoms with Gasteiger partial charge >= 0.3 is 0 Å². The van der Waals surface area contributed by atoms with Gasteiger partial charge in [0.15, 0.2) is 0 Å². The fourth-order valence-electron chi connectivity index (χ4n) is 2.25. The lowest BCUT2D eigenvalue weighted by Gasteiger charge is -2.22. The maximum absolute atomic E-state index is 11.9. The minimum atomic E-state index is 0.167. The van der Waals surface area contributed by atoms with Crippen molar-refractivity contribution in [3.05, 3.63) is 0 Å². The topological polar surface area (TPSA) is 49.3 Å². The molecule has 2 N–H and O–H groups in total. The number of aliphatic hydroxyl groups excluding tert-OH is 1. The molecule has 1 saturated heterocycles. The second kappa shape index (κ2) is 8.81. The Morgan fingerprint density at radius 3 is 2.88 bits per heavy atom. The quantitative estimate of drug-likeness (QED) is 0.737. The molecule has 2 unspecified atom stereocenters. The lowest BCUT2D eigenvalue weighted by atomic mass is 10.00. The van der Waals surface area contributed by atoms with Crippen LogP contribution in [0.5, 0.6) is 0 Å². The van der Waals surface area contributed by atoms with Gasteiger partial charge < -0.3 is 10.4 Å². The van der Waals surface area contributed by atoms with Crippen LogP contribution in [0.4, 0.5) is 0 Å². The fourth-order valence-corrected chi connectivity index (χ4v) is 3.47. The molecule has 1 amide bonds. The molecule has 1 aliphatic rings. The van der Waals surface area contributed by atoms with E-state index in [9.17, 15) is 4.79 Å². The molecule has 0 spiro atoms. The summed E-state index contributed by atoms with van der Waals surface area (Å²) in [7, 11) is 0. The van der Waals surface area contributed by atoms with Crippen LogP contribution in [0.15, 0.2) is 0 Å². The van der Waals surface area contributed by atoms with Crippen molar-refractivity contribution in [1.29, 1.82) is 0 Å². The van der Waals surface area contributed by atoms with Gasteiger partial charge in [-0.15, -0.1) is 11.8 Å². The first kappa shape index (κ1) is 14.8. The molecule has 0 aromatic heterocycles. The minimum Gasteiger partial charge on any atom is -0.396 e. The molecule has 4 heteroatoms. The summed E-state index contributed by atoms with van der Waals surface area (Å²) >= 11 is 1.79. The highest BCUT2D eigenvalue weighted by atomic mass is 32.2. The van der Waals surface area contributed by atoms with Crippen LogP contribution < -0.4 is 5.32 Å². The van der Waals surface area contributed by atoms with Crippen LogP contribution in [0.25, 0.3) is 0 Å². The van der Waals surface area contributed by atoms with Crippen LogP contribution in [0, 0.1) is 5.92 Å². The Morgan fingerprint density at radius 2 is 2.29 bits per heavy atom. The van der Waals surface area contributed by atoms with E-state index >= 15 is 0 Å². The van der Waals surface area contributed by atoms with Gasteiger partial charge in [0.1, 0.15) is 0 Å². The first-order chi connectivity index (χ1) is 8.27. The number of aliphatic hydroxyl groups is 1. The summed E-state index contributed by atoms with van der Waals surface area (Å²) in [6.45, 7) is 3.09. The Labute approximate surface area is 109 Å². The third-order valence-electron chi connectivity index (χ3n) is 3.27. The molecular formula is C13H25NO2S. The zero-order valence-electron chi connectivity index (χ0n) is 10.8. The largest absolute Gasteiger partial charge is 0.396 e. The molecule has 100 valence electrons. The van der Waals surface area contributed by atoms with Gasteiger partial charge in [0.05, 0.1) is 5.25 Å². The molecule has 17 heavy (non-hydrogen) atoms. The Bertz CT molecular complexity index is 211. The maximum atomic E-state index is 11.9. The van der Waals surface area contributed by atoms with Crippen molar-refractivity contribution in [3.63, 3.8) is 0 Å². The smallest absolute Gasteiger partial charge is 0.233 e. The van der Waals surface area contributed by atoms with Crippen molar-refractivity contribution in [3.8, 4) is 0 Å². The van der Waals surface area contributed by atoms with Crippen molar-refractivity contribution in [2.24, 2.45) is 5.92 Å². The molecule has 1 heterocycles. The van der Waals surface area contributed by atoms with Gasteiger partial charge in [-0.3, -0.25) is 4.79 Å². The van der Waals surface area contributed by atoms with E-state index in [1.165, 1.54) is 12.8 Å². The number of amides is 1. The molecule has 0 saturated carbocycles. The molecule has 1 fully saturated rings. The van der Waals surface area contributed by atoms with Crippen molar-refractivity contribution in [2.45, 2.75) is 50.7 Å². The minimum absolute atomic E-state index is 0.167. The van der Waals surface area contributed by atoms with Crippen LogP contribution in [-0.4, -0.2) is 35.2 Å². The van der Waals surface area contributed by atoms with Gasteiger partial charge in [0.2, 0.25) is 5.91 Å². The Hall–Kier alpha value is -0.220. The highest BCUT2D eigenvalue weighted by molar-refractivity contribution is 8.00. The van der Waals surface area contributed by atoms with Gasteiger partial charge in [0.25, 0.3) is 0 Å². The normalized spacial score (nSPS) is 22.1. The molecule has 0 bridgehead atoms. The Morgan fingerprint density at radius 1 is 1.47 bits per heavy atom. The zero-order chi connectivity index (χ0) is 12.5. The first-order valence-corrected chi connectivity index (χ1v) is 7.83. The number of carbonyl (C=O) groups is 1. The lowest BCUT2D eigenvalue weighted by Crippen LogP contribution is -2.37. The zero-order valence-corrected chi connectivity index (χ0v) is 11.6. The number of hydrogen-bond donors (Lipinski definition) is 2. The highest BCUT2D eigenvalue weighted by Crippen LogP contribution is 2.25. The summed E-state index contributed by atoms with van der Waals surface area (Å²) < 4.78 is 0. The summed E-state index contributed by atoms with van der Waals surface area (Å²) in [6.07, 6.45) is 6.44. The van der Waals surface area contributed by atoms with Crippen LogP contribution in [0.3, 0.4) is 0 Å². The molecule has 3 nitrogen and oxygen atoms in total. The fraction of sp³-hybridized carbons (Fsp3) is 0.923. The van der Waals surface area contributed by atoms with E-state index in [4.69, 9.17) is 5.11 Å². The van der Waals surface area contributed by atoms with Gasteiger partial charge in [0, 0.05) is 13.2 Å². The van der Waals surface area contributed by atoms with Crippen molar-refractivity contribution in [1.82, 2.24) is 5.32 Å². The maximum Gasteiger partial charge on any atom is 0.233 e. The van der Waals surface area contributed by atoms with Crippen LogP contribution >= 0.6 is 11.8 Å². The standard InChI is InChI=1S/C13H25NO2S/c1-2-5-11(7-8-15)10-14-13(16)12-6-3-4-9-17-12/h11-12,15H,2-10H2,1H3,(H,14,16). The summed E-state index contributed by atoms with van der Waals surface area (Å²) in [5.74, 6) is 1.75. The lowest BCUT2D eigenvalue weighted by molar-refractivity contribution is -0.121. The molecule has 1 aliphatic heterocycles. The summed E-state index contributed by atoms with van der Waals surface area (Å²) in [5.41, 5.74) is 0. The number of carbonyl (C=O) groups excluding carboxylic acids is 1. The molecule has 0 radical (unpaired) electrons. The number of rotatable bonds is 7. The third-order valence-corrected chi connectivity index (χ3v) is 4.65. The van der Waals surface area contributed by atoms with Crippen molar-refractivity contribution >= 4 is 17.7 Å². The van der Waals surface area contributed by atoms with Crippen LogP contribution in [0.1, 0.15) is 45.4 Å². The van der Waals surface area contributed by atoms with E-state index in [-0.39, 0.29) is 17.8 Å². The second-order valence-corrected chi connectivity index (χ2v) is 6.08. The number of nitrogens with one attached hydrogen (secondary N) is 1. The molecule has 0 aromatic rings. The molecule has 1 rings (SSSR count). The highest BCUT2D eigenvalue weighted by Gasteiger charge is 2.21. The molecule has 2 atom stereocenters. The van der Waals surface area contributed by atoms with E-state index in [0.717, 1.165) is 38.0 Å². The average Bonchev–Trinajstić information content (AvgIpc) is 2.37. The van der Waals surface area contributed by atoms with Gasteiger partial charge in [-0.05, 0) is 37.4 Å². The third kappa shape index (κ3) is 5.77. The van der Waals surface area contributed by atoms with E-state index in [2.05, 4.69) is 12.2 Å². The number of hydrogen-bond acceptors (Lipinski definition) is 3. The van der Waals surface area contributed by atoms with Crippen LogP contribution in [0.2, 0.25) is 0 Å². The first-order valence-electron chi connectivity index (χ1n) is 6.78. The Kier molecular flexibility index (Phi) is 7.69. The van der Waals surface area contributed by atoms with E-state index in [0.29, 0.717) is 5.92 Å². The molecule has 0 aromatic carbocycles. The van der Waals surface area contributed by atoms with Gasteiger partial charge in [-0.25, -0.2) is 0 Å². The predicted molar refractivity (Wildman–Crippen MR) is 73.2 cm³/mol. The second-order valence-electron chi connectivity index (χ2n) is 4.77. The van der Waals surface area contributed by atoms with Gasteiger partial charge in [-0.2, -0.15) is 0 Å². The number of thioether (sulfide) groups is 1. The monoisotopic (exact) mass is 259 g/mol. The Balaban J connectivity index is 2.24. The predicted octanol–water partition coefficient (Wildman–Crippen LogP) is 2.19. The van der Waals surface area contributed by atoms with Crippen LogP contribution in [-0.2, 0) is 4.79 Å².